The number of ether oxygens (including phenoxy) is 1. The smallest absolute Gasteiger partial charge is 0.404 e. The first-order valence-corrected chi connectivity index (χ1v) is 15.3. The summed E-state index contributed by atoms with van der Waals surface area (Å²) < 4.78 is 45.0. The van der Waals surface area contributed by atoms with E-state index >= 15 is 0 Å². The van der Waals surface area contributed by atoms with E-state index in [1.807, 2.05) is 37.2 Å². The Kier molecular flexibility index (Phi) is 8.49. The number of carbonyl (C=O) groups excluding carboxylic acids is 1. The van der Waals surface area contributed by atoms with E-state index in [1.54, 1.807) is 11.1 Å². The summed E-state index contributed by atoms with van der Waals surface area (Å²) in [5.41, 5.74) is 2.98. The third-order valence-corrected chi connectivity index (χ3v) is 9.28. The van der Waals surface area contributed by atoms with E-state index in [9.17, 15) is 18.0 Å². The van der Waals surface area contributed by atoms with Gasteiger partial charge in [0.15, 0.2) is 11.6 Å². The largest absolute Gasteiger partial charge is 0.573 e. The Balaban J connectivity index is 1.22. The van der Waals surface area contributed by atoms with Gasteiger partial charge >= 0.3 is 6.36 Å². The van der Waals surface area contributed by atoms with Gasteiger partial charge < -0.3 is 29.7 Å². The van der Waals surface area contributed by atoms with Crippen LogP contribution < -0.4 is 19.9 Å². The molecule has 3 aliphatic rings. The molecule has 4 heterocycles. The number of piperazine rings is 1. The van der Waals surface area contributed by atoms with Crippen molar-refractivity contribution in [2.45, 2.75) is 38.2 Å². The van der Waals surface area contributed by atoms with Crippen molar-refractivity contribution in [2.24, 2.45) is 0 Å². The van der Waals surface area contributed by atoms with E-state index in [1.165, 1.54) is 12.1 Å². The van der Waals surface area contributed by atoms with Gasteiger partial charge in [-0.1, -0.05) is 18.2 Å². The number of halogens is 3. The van der Waals surface area contributed by atoms with Crippen molar-refractivity contribution in [3.05, 3.63) is 59.8 Å². The number of benzene rings is 2. The van der Waals surface area contributed by atoms with Crippen LogP contribution in [0.1, 0.15) is 41.7 Å². The van der Waals surface area contributed by atoms with Gasteiger partial charge in [0.05, 0.1) is 23.6 Å². The zero-order valence-corrected chi connectivity index (χ0v) is 26.0. The Hall–Kier alpha value is -4.10. The van der Waals surface area contributed by atoms with Gasteiger partial charge in [0.2, 0.25) is 5.95 Å². The quantitative estimate of drug-likeness (QED) is 0.410. The predicted octanol–water partition coefficient (Wildman–Crippen LogP) is 5.25. The number of nitrogens with zero attached hydrogens (tertiary/aromatic N) is 7. The number of anilines is 5. The number of likely N-dealkylation sites (N-methyl/N-ethyl adjacent to an activating group) is 1. The summed E-state index contributed by atoms with van der Waals surface area (Å²) in [5, 5.41) is 2.90. The van der Waals surface area contributed by atoms with E-state index in [-0.39, 0.29) is 29.1 Å². The fourth-order valence-electron chi connectivity index (χ4n) is 6.49. The Labute approximate surface area is 261 Å². The minimum absolute atomic E-state index is 0.00371. The number of nitrogens with one attached hydrogen (secondary N) is 1. The minimum Gasteiger partial charge on any atom is -0.404 e. The van der Waals surface area contributed by atoms with Crippen LogP contribution in [0.5, 0.6) is 5.75 Å². The summed E-state index contributed by atoms with van der Waals surface area (Å²) in [7, 11) is 5.97. The molecule has 45 heavy (non-hydrogen) atoms. The summed E-state index contributed by atoms with van der Waals surface area (Å²) in [6.45, 7) is 7.27. The second-order valence-electron chi connectivity index (χ2n) is 12.1. The molecule has 0 spiro atoms. The maximum Gasteiger partial charge on any atom is 0.573 e. The van der Waals surface area contributed by atoms with E-state index < -0.39 is 12.1 Å². The van der Waals surface area contributed by atoms with Gasteiger partial charge in [0.25, 0.3) is 5.91 Å². The highest BCUT2D eigenvalue weighted by atomic mass is 19.4. The molecule has 0 radical (unpaired) electrons. The third-order valence-electron chi connectivity index (χ3n) is 9.28. The molecule has 0 aliphatic carbocycles. The molecule has 6 rings (SSSR count). The highest BCUT2D eigenvalue weighted by Crippen LogP contribution is 2.43. The first-order chi connectivity index (χ1) is 21.5. The van der Waals surface area contributed by atoms with Crippen LogP contribution in [0.3, 0.4) is 0 Å². The standard InChI is InChI=1S/C32H39F3N8O2/c1-21-24-7-5-6-8-26(24)41(4)29-27(40(21)3)20-36-31(38-29)37-25-10-9-22(19-28(25)45-32(33,34)35)30(44)43-13-11-23(12-14-43)42-17-15-39(2)16-18-42/h5-10,19-21,23H,11-18H2,1-4H3,(H,36,37,38). The lowest BCUT2D eigenvalue weighted by molar-refractivity contribution is -0.274. The Morgan fingerprint density at radius 3 is 2.38 bits per heavy atom. The second kappa shape index (κ2) is 12.4. The normalized spacial score (nSPS) is 20.0. The highest BCUT2D eigenvalue weighted by molar-refractivity contribution is 5.95. The van der Waals surface area contributed by atoms with E-state index in [0.29, 0.717) is 24.9 Å². The third kappa shape index (κ3) is 6.50. The molecule has 240 valence electrons. The lowest BCUT2D eigenvalue weighted by atomic mass is 10.0. The highest BCUT2D eigenvalue weighted by Gasteiger charge is 2.34. The van der Waals surface area contributed by atoms with Gasteiger partial charge in [0, 0.05) is 70.7 Å². The molecule has 1 N–H and O–H groups in total. The van der Waals surface area contributed by atoms with Crippen LogP contribution in [-0.4, -0.2) is 103 Å². The monoisotopic (exact) mass is 624 g/mol. The average molecular weight is 625 g/mol. The number of piperidine rings is 1. The predicted molar refractivity (Wildman–Crippen MR) is 168 cm³/mol. The van der Waals surface area contributed by atoms with Crippen LogP contribution in [0, 0.1) is 0 Å². The van der Waals surface area contributed by atoms with Crippen molar-refractivity contribution >= 4 is 34.7 Å². The van der Waals surface area contributed by atoms with Crippen molar-refractivity contribution in [3.63, 3.8) is 0 Å². The van der Waals surface area contributed by atoms with Crippen LogP contribution in [0.4, 0.5) is 42.0 Å². The first kappa shape index (κ1) is 30.9. The molecule has 2 aromatic carbocycles. The number of alkyl halides is 3. The molecular weight excluding hydrogens is 585 g/mol. The molecular formula is C32H39F3N8O2. The van der Waals surface area contributed by atoms with E-state index in [0.717, 1.165) is 62.0 Å². The minimum atomic E-state index is -4.96. The van der Waals surface area contributed by atoms with E-state index in [4.69, 9.17) is 4.98 Å². The van der Waals surface area contributed by atoms with Crippen LogP contribution >= 0.6 is 0 Å². The molecule has 2 saturated heterocycles. The van der Waals surface area contributed by atoms with Gasteiger partial charge in [-0.05, 0) is 56.6 Å². The summed E-state index contributed by atoms with van der Waals surface area (Å²) in [6, 6.07) is 12.5. The second-order valence-corrected chi connectivity index (χ2v) is 12.1. The molecule has 1 atom stereocenters. The number of amides is 1. The van der Waals surface area contributed by atoms with Crippen molar-refractivity contribution in [2.75, 3.05) is 75.5 Å². The zero-order valence-electron chi connectivity index (χ0n) is 26.0. The van der Waals surface area contributed by atoms with Gasteiger partial charge in [-0.3, -0.25) is 9.69 Å². The molecule has 3 aromatic rings. The Morgan fingerprint density at radius 2 is 1.67 bits per heavy atom. The number of likely N-dealkylation sites (tertiary alicyclic amines) is 1. The summed E-state index contributed by atoms with van der Waals surface area (Å²) >= 11 is 0. The molecule has 1 aromatic heterocycles. The van der Waals surface area contributed by atoms with Crippen molar-refractivity contribution in [1.82, 2.24) is 24.7 Å². The Bertz CT molecular complexity index is 1540. The first-order valence-electron chi connectivity index (χ1n) is 15.3. The van der Waals surface area contributed by atoms with Crippen LogP contribution in [0.2, 0.25) is 0 Å². The number of para-hydroxylation sites is 1. The molecule has 3 aliphatic heterocycles. The maximum atomic E-state index is 13.5. The zero-order chi connectivity index (χ0) is 31.9. The van der Waals surface area contributed by atoms with Crippen molar-refractivity contribution in [3.8, 4) is 5.75 Å². The summed E-state index contributed by atoms with van der Waals surface area (Å²) in [4.78, 5) is 33.0. The molecule has 10 nitrogen and oxygen atoms in total. The van der Waals surface area contributed by atoms with Gasteiger partial charge in [-0.2, -0.15) is 4.98 Å². The maximum absolute atomic E-state index is 13.5. The van der Waals surface area contributed by atoms with Gasteiger partial charge in [-0.15, -0.1) is 13.2 Å². The van der Waals surface area contributed by atoms with Crippen molar-refractivity contribution < 1.29 is 22.7 Å². The molecule has 0 saturated carbocycles. The Morgan fingerprint density at radius 1 is 0.956 bits per heavy atom. The summed E-state index contributed by atoms with van der Waals surface area (Å²) in [5.74, 6) is -0.150. The number of rotatable bonds is 5. The lowest BCUT2D eigenvalue weighted by Gasteiger charge is -2.42. The van der Waals surface area contributed by atoms with Crippen molar-refractivity contribution in [1.29, 1.82) is 0 Å². The van der Waals surface area contributed by atoms with E-state index in [2.05, 4.69) is 49.8 Å². The molecule has 0 bridgehead atoms. The molecule has 2 fully saturated rings. The average Bonchev–Trinajstić information content (AvgIpc) is 3.10. The number of carbonyl (C=O) groups is 1. The number of fused-ring (bicyclic) bond motifs is 2. The molecule has 1 unspecified atom stereocenters. The lowest BCUT2D eigenvalue weighted by Crippen LogP contribution is -2.52. The molecule has 13 heteroatoms. The van der Waals surface area contributed by atoms with Gasteiger partial charge in [-0.25, -0.2) is 4.98 Å². The summed E-state index contributed by atoms with van der Waals surface area (Å²) in [6.07, 6.45) is -1.64. The van der Waals surface area contributed by atoms with Crippen LogP contribution in [0.15, 0.2) is 48.7 Å². The number of aromatic nitrogens is 2. The van der Waals surface area contributed by atoms with Crippen LogP contribution in [-0.2, 0) is 0 Å². The topological polar surface area (TPSA) is 80.3 Å². The molecule has 1 amide bonds. The SMILES string of the molecule is CC1c2ccccc2N(C)c2nc(Nc3ccc(C(=O)N4CCC(N5CCN(C)CC5)CC4)cc3OC(F)(F)F)ncc2N1C. The fourth-order valence-corrected chi connectivity index (χ4v) is 6.49. The fraction of sp³-hybridized carbons (Fsp3) is 0.469. The number of hydrogen-bond acceptors (Lipinski definition) is 9. The number of hydrogen-bond donors (Lipinski definition) is 1. The van der Waals surface area contributed by atoms with Gasteiger partial charge in [0.1, 0.15) is 0 Å². The van der Waals surface area contributed by atoms with Crippen LogP contribution in [0.25, 0.3) is 0 Å².